The average molecular weight is 632 g/mol. The van der Waals surface area contributed by atoms with E-state index in [2.05, 4.69) is 70.7 Å². The number of rotatable bonds is 11. The Morgan fingerprint density at radius 1 is 1.19 bits per heavy atom. The number of anilines is 4. The number of benzene rings is 1. The molecule has 11 nitrogen and oxygen atoms in total. The summed E-state index contributed by atoms with van der Waals surface area (Å²) in [5.41, 5.74) is 3.48. The van der Waals surface area contributed by atoms with Crippen molar-refractivity contribution in [2.24, 2.45) is 7.05 Å². The van der Waals surface area contributed by atoms with Gasteiger partial charge in [-0.2, -0.15) is 10.1 Å². The molecule has 1 aromatic carbocycles. The molecule has 13 heteroatoms. The molecule has 1 saturated heterocycles. The molecule has 0 radical (unpaired) electrons. The molecule has 2 aliphatic rings. The molecule has 1 aliphatic carbocycles. The minimum absolute atomic E-state index is 0.0595. The SMILES string of the molecule is Cc1cc(Nc2ncc(Cl)c(Nc3cn(C)nc3S(=O)(=O)C(C)C)n2)c(OC2CC2)cc1C1CC(C)OC(CN(C)C)C1. The highest BCUT2D eigenvalue weighted by atomic mass is 35.5. The molecule has 3 atom stereocenters. The summed E-state index contributed by atoms with van der Waals surface area (Å²) >= 11 is 6.45. The maximum Gasteiger partial charge on any atom is 0.229 e. The van der Waals surface area contributed by atoms with Crippen LogP contribution in [0.4, 0.5) is 23.1 Å². The van der Waals surface area contributed by atoms with Gasteiger partial charge in [-0.3, -0.25) is 4.68 Å². The molecule has 1 saturated carbocycles. The van der Waals surface area contributed by atoms with Gasteiger partial charge < -0.3 is 25.0 Å². The molecule has 2 N–H and O–H groups in total. The fourth-order valence-electron chi connectivity index (χ4n) is 5.49. The molecule has 43 heavy (non-hydrogen) atoms. The normalized spacial score (nSPS) is 20.9. The average Bonchev–Trinajstić information content (AvgIpc) is 3.65. The Balaban J connectivity index is 1.43. The van der Waals surface area contributed by atoms with E-state index >= 15 is 0 Å². The third-order valence-electron chi connectivity index (χ3n) is 7.71. The molecule has 2 fully saturated rings. The second-order valence-electron chi connectivity index (χ2n) is 12.3. The van der Waals surface area contributed by atoms with Crippen molar-refractivity contribution in [2.75, 3.05) is 31.3 Å². The maximum atomic E-state index is 12.9. The van der Waals surface area contributed by atoms with E-state index in [0.29, 0.717) is 17.6 Å². The largest absolute Gasteiger partial charge is 0.488 e. The summed E-state index contributed by atoms with van der Waals surface area (Å²) in [6.07, 6.45) is 7.58. The lowest BCUT2D eigenvalue weighted by atomic mass is 9.83. The van der Waals surface area contributed by atoms with Crippen LogP contribution in [0.25, 0.3) is 0 Å². The number of nitrogens with one attached hydrogen (secondary N) is 2. The van der Waals surface area contributed by atoms with Gasteiger partial charge in [0.1, 0.15) is 10.8 Å². The molecule has 0 spiro atoms. The van der Waals surface area contributed by atoms with Crippen molar-refractivity contribution in [1.29, 1.82) is 0 Å². The number of hydrogen-bond acceptors (Lipinski definition) is 10. The lowest BCUT2D eigenvalue weighted by molar-refractivity contribution is -0.0569. The second-order valence-corrected chi connectivity index (χ2v) is 15.1. The van der Waals surface area contributed by atoms with Gasteiger partial charge in [0.05, 0.1) is 41.1 Å². The molecule has 3 aromatic rings. The number of aromatic nitrogens is 4. The van der Waals surface area contributed by atoms with E-state index in [1.165, 1.54) is 16.4 Å². The number of aryl methyl sites for hydroxylation is 2. The molecule has 5 rings (SSSR count). The van der Waals surface area contributed by atoms with Crippen LogP contribution in [-0.4, -0.2) is 77.3 Å². The van der Waals surface area contributed by atoms with Crippen LogP contribution >= 0.6 is 11.6 Å². The smallest absolute Gasteiger partial charge is 0.229 e. The van der Waals surface area contributed by atoms with Crippen LogP contribution in [0.2, 0.25) is 5.02 Å². The molecular weight excluding hydrogens is 590 g/mol. The fraction of sp³-hybridized carbons (Fsp3) is 0.567. The van der Waals surface area contributed by atoms with Gasteiger partial charge in [-0.1, -0.05) is 11.6 Å². The van der Waals surface area contributed by atoms with Crippen LogP contribution in [0.15, 0.2) is 29.6 Å². The Morgan fingerprint density at radius 2 is 1.93 bits per heavy atom. The van der Waals surface area contributed by atoms with E-state index in [1.807, 2.05) is 0 Å². The number of likely N-dealkylation sites (N-methyl/N-ethyl adjacent to an activating group) is 1. The third-order valence-corrected chi connectivity index (χ3v) is 10.1. The van der Waals surface area contributed by atoms with E-state index in [1.54, 1.807) is 27.1 Å². The lowest BCUT2D eigenvalue weighted by Gasteiger charge is -2.36. The summed E-state index contributed by atoms with van der Waals surface area (Å²) in [6, 6.07) is 4.26. The first-order chi connectivity index (χ1) is 20.3. The summed E-state index contributed by atoms with van der Waals surface area (Å²) in [6.45, 7) is 8.40. The first kappa shape index (κ1) is 31.5. The van der Waals surface area contributed by atoms with Gasteiger partial charge in [0.25, 0.3) is 0 Å². The summed E-state index contributed by atoms with van der Waals surface area (Å²) in [5.74, 6) is 1.68. The molecule has 3 unspecified atom stereocenters. The molecule has 2 aromatic heterocycles. The quantitative estimate of drug-likeness (QED) is 0.277. The predicted octanol–water partition coefficient (Wildman–Crippen LogP) is 5.60. The first-order valence-corrected chi connectivity index (χ1v) is 16.7. The van der Waals surface area contributed by atoms with Gasteiger partial charge in [-0.25, -0.2) is 13.4 Å². The lowest BCUT2D eigenvalue weighted by Crippen LogP contribution is -2.37. The fourth-order valence-corrected chi connectivity index (χ4v) is 6.72. The van der Waals surface area contributed by atoms with Crippen molar-refractivity contribution < 1.29 is 17.9 Å². The molecule has 1 aliphatic heterocycles. The topological polar surface area (TPSA) is 124 Å². The number of nitrogens with zero attached hydrogens (tertiary/aromatic N) is 5. The number of hydrogen-bond donors (Lipinski definition) is 2. The summed E-state index contributed by atoms with van der Waals surface area (Å²) in [4.78, 5) is 11.2. The molecule has 0 amide bonds. The zero-order valence-electron chi connectivity index (χ0n) is 25.9. The van der Waals surface area contributed by atoms with Gasteiger partial charge in [-0.15, -0.1) is 0 Å². The van der Waals surface area contributed by atoms with Crippen LogP contribution in [0, 0.1) is 6.92 Å². The first-order valence-electron chi connectivity index (χ1n) is 14.8. The molecule has 234 valence electrons. The van der Waals surface area contributed by atoms with Crippen LogP contribution < -0.4 is 15.4 Å². The van der Waals surface area contributed by atoms with Crippen molar-refractivity contribution in [2.45, 2.75) is 87.9 Å². The minimum atomic E-state index is -3.64. The Bertz CT molecular complexity index is 1570. The molecule has 0 bridgehead atoms. The van der Waals surface area contributed by atoms with Crippen molar-refractivity contribution >= 4 is 44.6 Å². The van der Waals surface area contributed by atoms with E-state index in [4.69, 9.17) is 21.1 Å². The van der Waals surface area contributed by atoms with Gasteiger partial charge in [0.2, 0.25) is 20.8 Å². The zero-order valence-corrected chi connectivity index (χ0v) is 27.5. The molecule has 3 heterocycles. The van der Waals surface area contributed by atoms with Crippen molar-refractivity contribution in [3.8, 4) is 5.75 Å². The highest BCUT2D eigenvalue weighted by molar-refractivity contribution is 7.92. The highest BCUT2D eigenvalue weighted by Gasteiger charge is 2.32. The van der Waals surface area contributed by atoms with Crippen molar-refractivity contribution in [3.63, 3.8) is 0 Å². The summed E-state index contributed by atoms with van der Waals surface area (Å²) < 4.78 is 39.9. The standard InChI is InChI=1S/C30H42ClN7O4S/c1-17(2)43(39,40)29-26(16-38(7)36-29)33-28-24(31)14-32-30(35-28)34-25-10-18(3)23(13-27(25)42-21-8-9-21)20-11-19(4)41-22(12-20)15-37(5)6/h10,13-14,16-17,19-22H,8-9,11-12,15H2,1-7H3,(H2,32,33,34,35). The van der Waals surface area contributed by atoms with Crippen LogP contribution in [0.1, 0.15) is 63.5 Å². The van der Waals surface area contributed by atoms with E-state index in [0.717, 1.165) is 49.2 Å². The Hall–Kier alpha value is -2.93. The van der Waals surface area contributed by atoms with E-state index in [9.17, 15) is 8.42 Å². The van der Waals surface area contributed by atoms with E-state index in [-0.39, 0.29) is 34.2 Å². The predicted molar refractivity (Wildman–Crippen MR) is 169 cm³/mol. The number of halogens is 1. The number of ether oxygens (including phenoxy) is 2. The van der Waals surface area contributed by atoms with Gasteiger partial charge in [-0.05, 0) is 96.7 Å². The zero-order chi connectivity index (χ0) is 31.1. The third kappa shape index (κ3) is 7.42. The minimum Gasteiger partial charge on any atom is -0.488 e. The van der Waals surface area contributed by atoms with Gasteiger partial charge in [0, 0.05) is 19.8 Å². The monoisotopic (exact) mass is 631 g/mol. The Morgan fingerprint density at radius 3 is 2.60 bits per heavy atom. The van der Waals surface area contributed by atoms with Crippen LogP contribution in [0.3, 0.4) is 0 Å². The Kier molecular flexibility index (Phi) is 9.22. The Labute approximate surface area is 259 Å². The van der Waals surface area contributed by atoms with Crippen LogP contribution in [0.5, 0.6) is 5.75 Å². The van der Waals surface area contributed by atoms with Crippen LogP contribution in [-0.2, 0) is 21.6 Å². The van der Waals surface area contributed by atoms with Gasteiger partial charge >= 0.3 is 0 Å². The van der Waals surface area contributed by atoms with Gasteiger partial charge in [0.15, 0.2) is 5.82 Å². The number of sulfone groups is 1. The van der Waals surface area contributed by atoms with E-state index < -0.39 is 15.1 Å². The maximum absolute atomic E-state index is 12.9. The summed E-state index contributed by atoms with van der Waals surface area (Å²) in [5, 5.41) is 10.1. The van der Waals surface area contributed by atoms with Crippen molar-refractivity contribution in [3.05, 3.63) is 40.7 Å². The van der Waals surface area contributed by atoms with Crippen molar-refractivity contribution in [1.82, 2.24) is 24.6 Å². The highest BCUT2D eigenvalue weighted by Crippen LogP contribution is 2.42. The summed E-state index contributed by atoms with van der Waals surface area (Å²) in [7, 11) is 2.17. The molecular formula is C30H42ClN7O4S. The second kappa shape index (κ2) is 12.6.